The average molecular weight is 259 g/mol. The first-order valence-corrected chi connectivity index (χ1v) is 5.70. The van der Waals surface area contributed by atoms with Gasteiger partial charge in [-0.2, -0.15) is 0 Å². The monoisotopic (exact) mass is 258 g/mol. The maximum absolute atomic E-state index is 13.4. The first kappa shape index (κ1) is 9.16. The van der Waals surface area contributed by atoms with Crippen molar-refractivity contribution in [3.05, 3.63) is 33.4 Å². The Bertz CT molecular complexity index is 447. The molecule has 0 aliphatic carbocycles. The molecule has 0 radical (unpaired) electrons. The van der Waals surface area contributed by atoms with Crippen LogP contribution in [0.2, 0.25) is 0 Å². The number of hydrogen-bond acceptors (Lipinski definition) is 1. The van der Waals surface area contributed by atoms with E-state index < -0.39 is 0 Å². The maximum atomic E-state index is 13.4. The van der Waals surface area contributed by atoms with E-state index in [1.165, 1.54) is 6.07 Å². The molecule has 2 rings (SSSR count). The number of halogens is 2. The van der Waals surface area contributed by atoms with Crippen LogP contribution < -0.4 is 0 Å². The van der Waals surface area contributed by atoms with Crippen LogP contribution in [0.3, 0.4) is 0 Å². The van der Waals surface area contributed by atoms with Gasteiger partial charge in [-0.25, -0.2) is 4.39 Å². The van der Waals surface area contributed by atoms with Crippen molar-refractivity contribution in [3.8, 4) is 0 Å². The molecule has 0 aliphatic rings. The standard InChI is InChI=1S/C10H8BrFS/c1-2-6-9-7(12)4-3-5-8(9)13-10(6)11/h3-5H,2H2,1H3. The second-order valence-corrected chi connectivity index (χ2v) is 5.19. The fourth-order valence-corrected chi connectivity index (χ4v) is 3.49. The zero-order valence-electron chi connectivity index (χ0n) is 7.10. The first-order chi connectivity index (χ1) is 6.24. The summed E-state index contributed by atoms with van der Waals surface area (Å²) in [5, 5.41) is 0.780. The minimum Gasteiger partial charge on any atom is -0.206 e. The largest absolute Gasteiger partial charge is 0.206 e. The van der Waals surface area contributed by atoms with Gasteiger partial charge in [0.15, 0.2) is 0 Å². The van der Waals surface area contributed by atoms with Crippen LogP contribution >= 0.6 is 27.3 Å². The lowest BCUT2D eigenvalue weighted by Gasteiger charge is -1.95. The van der Waals surface area contributed by atoms with Crippen LogP contribution in [0.15, 0.2) is 22.0 Å². The van der Waals surface area contributed by atoms with Crippen LogP contribution in [0.4, 0.5) is 4.39 Å². The normalized spacial score (nSPS) is 11.0. The zero-order chi connectivity index (χ0) is 9.42. The molecule has 1 aromatic heterocycles. The summed E-state index contributed by atoms with van der Waals surface area (Å²) in [5.74, 6) is -0.115. The van der Waals surface area contributed by atoms with Crippen LogP contribution in [0.25, 0.3) is 10.1 Å². The molecule has 0 saturated heterocycles. The Balaban J connectivity index is 2.88. The van der Waals surface area contributed by atoms with Gasteiger partial charge in [0.25, 0.3) is 0 Å². The van der Waals surface area contributed by atoms with E-state index in [2.05, 4.69) is 15.9 Å². The van der Waals surface area contributed by atoms with Gasteiger partial charge in [-0.15, -0.1) is 11.3 Å². The fourth-order valence-electron chi connectivity index (χ4n) is 1.45. The highest BCUT2D eigenvalue weighted by Gasteiger charge is 2.11. The summed E-state index contributed by atoms with van der Waals surface area (Å²) in [6, 6.07) is 5.22. The van der Waals surface area contributed by atoms with E-state index in [4.69, 9.17) is 0 Å². The number of thiophene rings is 1. The smallest absolute Gasteiger partial charge is 0.132 e. The van der Waals surface area contributed by atoms with Crippen LogP contribution in [0.5, 0.6) is 0 Å². The lowest BCUT2D eigenvalue weighted by molar-refractivity contribution is 0.639. The van der Waals surface area contributed by atoms with E-state index in [0.29, 0.717) is 0 Å². The molecule has 0 spiro atoms. The molecule has 0 saturated carbocycles. The van der Waals surface area contributed by atoms with Crippen LogP contribution in [0, 0.1) is 5.82 Å². The SMILES string of the molecule is CCc1c(Br)sc2cccc(F)c12. The zero-order valence-corrected chi connectivity index (χ0v) is 9.51. The van der Waals surface area contributed by atoms with Gasteiger partial charge in [-0.3, -0.25) is 0 Å². The van der Waals surface area contributed by atoms with Gasteiger partial charge >= 0.3 is 0 Å². The van der Waals surface area contributed by atoms with Crippen molar-refractivity contribution in [1.29, 1.82) is 0 Å². The topological polar surface area (TPSA) is 0 Å². The molecule has 0 atom stereocenters. The van der Waals surface area contributed by atoms with E-state index >= 15 is 0 Å². The molecule has 0 amide bonds. The molecular formula is C10H8BrFS. The number of benzene rings is 1. The Kier molecular flexibility index (Phi) is 2.39. The molecule has 0 unspecified atom stereocenters. The number of hydrogen-bond donors (Lipinski definition) is 0. The highest BCUT2D eigenvalue weighted by atomic mass is 79.9. The highest BCUT2D eigenvalue weighted by molar-refractivity contribution is 9.11. The Labute approximate surface area is 88.5 Å². The second-order valence-electron chi connectivity index (χ2n) is 2.82. The van der Waals surface area contributed by atoms with Crippen molar-refractivity contribution < 1.29 is 4.39 Å². The van der Waals surface area contributed by atoms with Gasteiger partial charge in [0.1, 0.15) is 5.82 Å². The van der Waals surface area contributed by atoms with Crippen LogP contribution in [-0.4, -0.2) is 0 Å². The molecule has 68 valence electrons. The van der Waals surface area contributed by atoms with Crippen LogP contribution in [-0.2, 0) is 6.42 Å². The quantitative estimate of drug-likeness (QED) is 0.713. The van der Waals surface area contributed by atoms with Crippen molar-refractivity contribution in [2.45, 2.75) is 13.3 Å². The highest BCUT2D eigenvalue weighted by Crippen LogP contribution is 2.36. The maximum Gasteiger partial charge on any atom is 0.132 e. The molecule has 0 N–H and O–H groups in total. The predicted molar refractivity (Wildman–Crippen MR) is 58.9 cm³/mol. The lowest BCUT2D eigenvalue weighted by atomic mass is 10.1. The van der Waals surface area contributed by atoms with Gasteiger partial charge in [0.05, 0.1) is 3.79 Å². The van der Waals surface area contributed by atoms with Gasteiger partial charge < -0.3 is 0 Å². The van der Waals surface area contributed by atoms with Crippen molar-refractivity contribution in [2.75, 3.05) is 0 Å². The third-order valence-corrected chi connectivity index (χ3v) is 4.02. The molecule has 1 heterocycles. The Morgan fingerprint density at radius 3 is 2.92 bits per heavy atom. The molecule has 2 aromatic rings. The van der Waals surface area contributed by atoms with Crippen molar-refractivity contribution in [3.63, 3.8) is 0 Å². The number of rotatable bonds is 1. The Morgan fingerprint density at radius 1 is 1.46 bits per heavy atom. The molecule has 1 aromatic carbocycles. The molecular weight excluding hydrogens is 251 g/mol. The summed E-state index contributed by atoms with van der Waals surface area (Å²) in [5.41, 5.74) is 1.08. The molecule has 13 heavy (non-hydrogen) atoms. The number of fused-ring (bicyclic) bond motifs is 1. The minimum atomic E-state index is -0.115. The van der Waals surface area contributed by atoms with E-state index in [0.717, 1.165) is 25.9 Å². The summed E-state index contributed by atoms with van der Waals surface area (Å²) < 4.78 is 15.5. The molecule has 3 heteroatoms. The molecule has 0 fully saturated rings. The van der Waals surface area contributed by atoms with E-state index in [9.17, 15) is 4.39 Å². The van der Waals surface area contributed by atoms with Gasteiger partial charge in [0.2, 0.25) is 0 Å². The lowest BCUT2D eigenvalue weighted by Crippen LogP contribution is -1.81. The van der Waals surface area contributed by atoms with Crippen LogP contribution in [0.1, 0.15) is 12.5 Å². The van der Waals surface area contributed by atoms with E-state index in [1.54, 1.807) is 17.4 Å². The summed E-state index contributed by atoms with van der Waals surface area (Å²) in [6.07, 6.45) is 0.863. The average Bonchev–Trinajstić information content (AvgIpc) is 2.42. The van der Waals surface area contributed by atoms with Gasteiger partial charge in [-0.1, -0.05) is 13.0 Å². The van der Waals surface area contributed by atoms with Gasteiger partial charge in [0, 0.05) is 10.1 Å². The summed E-state index contributed by atoms with van der Waals surface area (Å²) in [7, 11) is 0. The second kappa shape index (κ2) is 3.39. The predicted octanol–water partition coefficient (Wildman–Crippen LogP) is 4.37. The van der Waals surface area contributed by atoms with Crippen molar-refractivity contribution in [2.24, 2.45) is 0 Å². The first-order valence-electron chi connectivity index (χ1n) is 4.09. The Morgan fingerprint density at radius 2 is 2.23 bits per heavy atom. The Hall–Kier alpha value is -0.410. The minimum absolute atomic E-state index is 0.115. The van der Waals surface area contributed by atoms with Crippen molar-refractivity contribution in [1.82, 2.24) is 0 Å². The van der Waals surface area contributed by atoms with Gasteiger partial charge in [-0.05, 0) is 40.0 Å². The third-order valence-electron chi connectivity index (χ3n) is 2.07. The molecule has 0 bridgehead atoms. The summed E-state index contributed by atoms with van der Waals surface area (Å²) in [6.45, 7) is 2.04. The van der Waals surface area contributed by atoms with E-state index in [-0.39, 0.29) is 5.82 Å². The fraction of sp³-hybridized carbons (Fsp3) is 0.200. The summed E-state index contributed by atoms with van der Waals surface area (Å²) in [4.78, 5) is 0. The molecule has 0 aliphatic heterocycles. The third kappa shape index (κ3) is 1.40. The summed E-state index contributed by atoms with van der Waals surface area (Å²) >= 11 is 5.05. The number of aryl methyl sites for hydroxylation is 1. The van der Waals surface area contributed by atoms with Crippen molar-refractivity contribution >= 4 is 37.4 Å². The van der Waals surface area contributed by atoms with E-state index in [1.807, 2.05) is 13.0 Å². The molecule has 0 nitrogen and oxygen atoms in total.